The van der Waals surface area contributed by atoms with E-state index >= 15 is 0 Å². The molecule has 4 nitrogen and oxygen atoms in total. The van der Waals surface area contributed by atoms with Crippen LogP contribution >= 0.6 is 0 Å². The van der Waals surface area contributed by atoms with Crippen LogP contribution in [0.3, 0.4) is 0 Å². The number of piperazine rings is 1. The molecule has 1 aliphatic heterocycles. The van der Waals surface area contributed by atoms with Gasteiger partial charge in [-0.2, -0.15) is 0 Å². The predicted octanol–water partition coefficient (Wildman–Crippen LogP) is 1.94. The van der Waals surface area contributed by atoms with Crippen molar-refractivity contribution in [1.82, 2.24) is 10.2 Å². The van der Waals surface area contributed by atoms with Gasteiger partial charge in [0.25, 0.3) is 0 Å². The first-order chi connectivity index (χ1) is 8.89. The Morgan fingerprint density at radius 3 is 2.53 bits per heavy atom. The minimum absolute atomic E-state index is 0.0189. The Bertz CT molecular complexity index is 382. The first kappa shape index (κ1) is 14.4. The van der Waals surface area contributed by atoms with Crippen LogP contribution in [0.4, 0.5) is 0 Å². The summed E-state index contributed by atoms with van der Waals surface area (Å²) < 4.78 is 0. The third-order valence-corrected chi connectivity index (χ3v) is 5.16. The average molecular weight is 266 g/mol. The van der Waals surface area contributed by atoms with E-state index in [1.807, 2.05) is 25.7 Å². The summed E-state index contributed by atoms with van der Waals surface area (Å²) in [5.41, 5.74) is -0.717. The number of carbonyl (C=O) groups is 2. The molecule has 4 unspecified atom stereocenters. The minimum atomic E-state index is -0.717. The van der Waals surface area contributed by atoms with E-state index < -0.39 is 5.54 Å². The molecule has 1 saturated carbocycles. The highest BCUT2D eigenvalue weighted by atomic mass is 16.2. The van der Waals surface area contributed by atoms with E-state index in [1.54, 1.807) is 0 Å². The normalized spacial score (nSPS) is 39.6. The largest absolute Gasteiger partial charge is 0.340 e. The summed E-state index contributed by atoms with van der Waals surface area (Å²) in [6, 6.07) is -0.333. The van der Waals surface area contributed by atoms with Gasteiger partial charge in [0.2, 0.25) is 11.8 Å². The lowest BCUT2D eigenvalue weighted by molar-refractivity contribution is -0.154. The van der Waals surface area contributed by atoms with Crippen molar-refractivity contribution in [2.75, 3.05) is 6.54 Å². The van der Waals surface area contributed by atoms with Crippen molar-refractivity contribution in [2.45, 2.75) is 65.0 Å². The van der Waals surface area contributed by atoms with Gasteiger partial charge in [-0.05, 0) is 38.5 Å². The van der Waals surface area contributed by atoms with Crippen molar-refractivity contribution in [3.8, 4) is 0 Å². The molecule has 1 aliphatic carbocycles. The third-order valence-electron chi connectivity index (χ3n) is 5.16. The van der Waals surface area contributed by atoms with Crippen molar-refractivity contribution in [1.29, 1.82) is 0 Å². The van der Waals surface area contributed by atoms with E-state index in [0.29, 0.717) is 18.3 Å². The Morgan fingerprint density at radius 2 is 2.00 bits per heavy atom. The molecule has 2 amide bonds. The SMILES string of the molecule is CCC1(C)NC(=O)C(C)N(CC2CCCC2C)C1=O. The predicted molar refractivity (Wildman–Crippen MR) is 74.5 cm³/mol. The van der Waals surface area contributed by atoms with Crippen LogP contribution in [0.25, 0.3) is 0 Å². The van der Waals surface area contributed by atoms with Gasteiger partial charge in [-0.1, -0.05) is 26.7 Å². The summed E-state index contributed by atoms with van der Waals surface area (Å²) >= 11 is 0. The number of amides is 2. The zero-order valence-corrected chi connectivity index (χ0v) is 12.5. The molecule has 2 aliphatic rings. The lowest BCUT2D eigenvalue weighted by Crippen LogP contribution is -2.68. The van der Waals surface area contributed by atoms with E-state index in [-0.39, 0.29) is 17.9 Å². The van der Waals surface area contributed by atoms with Gasteiger partial charge in [-0.3, -0.25) is 9.59 Å². The molecule has 1 N–H and O–H groups in total. The topological polar surface area (TPSA) is 49.4 Å². The summed E-state index contributed by atoms with van der Waals surface area (Å²) in [6.45, 7) is 8.62. The second-order valence-electron chi connectivity index (χ2n) is 6.48. The highest BCUT2D eigenvalue weighted by Gasteiger charge is 2.46. The number of hydrogen-bond acceptors (Lipinski definition) is 2. The highest BCUT2D eigenvalue weighted by Crippen LogP contribution is 2.33. The smallest absolute Gasteiger partial charge is 0.248 e. The first-order valence-electron chi connectivity index (χ1n) is 7.52. The van der Waals surface area contributed by atoms with Gasteiger partial charge in [0.1, 0.15) is 11.6 Å². The Labute approximate surface area is 115 Å². The van der Waals surface area contributed by atoms with Crippen molar-refractivity contribution in [3.63, 3.8) is 0 Å². The van der Waals surface area contributed by atoms with Crippen LogP contribution in [0.15, 0.2) is 0 Å². The zero-order chi connectivity index (χ0) is 14.2. The zero-order valence-electron chi connectivity index (χ0n) is 12.5. The molecule has 1 heterocycles. The van der Waals surface area contributed by atoms with Crippen molar-refractivity contribution in [3.05, 3.63) is 0 Å². The van der Waals surface area contributed by atoms with E-state index in [9.17, 15) is 9.59 Å². The van der Waals surface area contributed by atoms with E-state index in [2.05, 4.69) is 12.2 Å². The van der Waals surface area contributed by atoms with Crippen molar-refractivity contribution < 1.29 is 9.59 Å². The lowest BCUT2D eigenvalue weighted by Gasteiger charge is -2.44. The van der Waals surface area contributed by atoms with Gasteiger partial charge >= 0.3 is 0 Å². The standard InChI is InChI=1S/C15H26N2O2/c1-5-15(4)14(19)17(11(3)13(18)16-15)9-12-8-6-7-10(12)2/h10-12H,5-9H2,1-4H3,(H,16,18). The average Bonchev–Trinajstić information content (AvgIpc) is 2.78. The lowest BCUT2D eigenvalue weighted by atomic mass is 9.90. The second kappa shape index (κ2) is 5.14. The summed E-state index contributed by atoms with van der Waals surface area (Å²) in [5, 5.41) is 2.88. The first-order valence-corrected chi connectivity index (χ1v) is 7.52. The van der Waals surface area contributed by atoms with Gasteiger partial charge in [0, 0.05) is 6.54 Å². The van der Waals surface area contributed by atoms with Crippen molar-refractivity contribution in [2.24, 2.45) is 11.8 Å². The highest BCUT2D eigenvalue weighted by molar-refractivity contribution is 5.99. The molecule has 1 saturated heterocycles. The molecule has 4 atom stereocenters. The van der Waals surface area contributed by atoms with Gasteiger partial charge in [-0.25, -0.2) is 0 Å². The number of hydrogen-bond donors (Lipinski definition) is 1. The molecular weight excluding hydrogens is 240 g/mol. The maximum Gasteiger partial charge on any atom is 0.248 e. The quantitative estimate of drug-likeness (QED) is 0.848. The minimum Gasteiger partial charge on any atom is -0.340 e. The Kier molecular flexibility index (Phi) is 3.88. The Balaban J connectivity index is 2.16. The number of rotatable bonds is 3. The maximum atomic E-state index is 12.6. The fourth-order valence-corrected chi connectivity index (χ4v) is 3.29. The summed E-state index contributed by atoms with van der Waals surface area (Å²) in [6.07, 6.45) is 4.32. The van der Waals surface area contributed by atoms with Crippen LogP contribution in [-0.4, -0.2) is 34.8 Å². The third kappa shape index (κ3) is 2.49. The van der Waals surface area contributed by atoms with Crippen LogP contribution in [-0.2, 0) is 9.59 Å². The molecule has 2 fully saturated rings. The van der Waals surface area contributed by atoms with Gasteiger partial charge in [-0.15, -0.1) is 0 Å². The molecule has 0 bridgehead atoms. The second-order valence-corrected chi connectivity index (χ2v) is 6.48. The van der Waals surface area contributed by atoms with Crippen molar-refractivity contribution >= 4 is 11.8 Å². The van der Waals surface area contributed by atoms with E-state index in [4.69, 9.17) is 0 Å². The Morgan fingerprint density at radius 1 is 1.32 bits per heavy atom. The van der Waals surface area contributed by atoms with Crippen LogP contribution in [0.5, 0.6) is 0 Å². The van der Waals surface area contributed by atoms with E-state index in [1.165, 1.54) is 19.3 Å². The molecule has 0 radical (unpaired) electrons. The molecule has 0 aromatic carbocycles. The van der Waals surface area contributed by atoms with Gasteiger partial charge < -0.3 is 10.2 Å². The maximum absolute atomic E-state index is 12.6. The number of nitrogens with one attached hydrogen (secondary N) is 1. The molecule has 0 spiro atoms. The molecular formula is C15H26N2O2. The number of carbonyl (C=O) groups excluding carboxylic acids is 2. The van der Waals surface area contributed by atoms with Crippen LogP contribution in [0.1, 0.15) is 53.4 Å². The van der Waals surface area contributed by atoms with Gasteiger partial charge in [0.15, 0.2) is 0 Å². The number of nitrogens with zero attached hydrogens (tertiary/aromatic N) is 1. The molecule has 108 valence electrons. The van der Waals surface area contributed by atoms with Crippen LogP contribution in [0.2, 0.25) is 0 Å². The molecule has 2 rings (SSSR count). The van der Waals surface area contributed by atoms with Crippen LogP contribution < -0.4 is 5.32 Å². The van der Waals surface area contributed by atoms with Gasteiger partial charge in [0.05, 0.1) is 0 Å². The fourth-order valence-electron chi connectivity index (χ4n) is 3.29. The molecule has 4 heteroatoms. The van der Waals surface area contributed by atoms with Crippen LogP contribution in [0, 0.1) is 11.8 Å². The summed E-state index contributed by atoms with van der Waals surface area (Å²) in [4.78, 5) is 26.5. The Hall–Kier alpha value is -1.06. The molecule has 0 aromatic rings. The molecule has 19 heavy (non-hydrogen) atoms. The fraction of sp³-hybridized carbons (Fsp3) is 0.867. The molecule has 0 aromatic heterocycles. The van der Waals surface area contributed by atoms with E-state index in [0.717, 1.165) is 6.54 Å². The summed E-state index contributed by atoms with van der Waals surface area (Å²) in [5.74, 6) is 1.28. The monoisotopic (exact) mass is 266 g/mol. The summed E-state index contributed by atoms with van der Waals surface area (Å²) in [7, 11) is 0.